The second-order valence-electron chi connectivity index (χ2n) is 19.4. The lowest BCUT2D eigenvalue weighted by Gasteiger charge is -2.35. The highest BCUT2D eigenvalue weighted by Gasteiger charge is 2.29. The number of hydrogen-bond donors (Lipinski definition) is 3. The van der Waals surface area contributed by atoms with Gasteiger partial charge in [-0.2, -0.15) is 0 Å². The molecule has 0 aliphatic carbocycles. The Balaban J connectivity index is 0.000000263. The van der Waals surface area contributed by atoms with Gasteiger partial charge >= 0.3 is 6.09 Å². The first-order valence-corrected chi connectivity index (χ1v) is 25.4. The molecule has 6 rings (SSSR count). The van der Waals surface area contributed by atoms with Crippen LogP contribution in [0.3, 0.4) is 0 Å². The van der Waals surface area contributed by atoms with Crippen LogP contribution in [-0.4, -0.2) is 114 Å². The van der Waals surface area contributed by atoms with E-state index in [1.54, 1.807) is 14.7 Å². The van der Waals surface area contributed by atoms with Gasteiger partial charge in [-0.25, -0.2) is 4.79 Å². The van der Waals surface area contributed by atoms with Crippen molar-refractivity contribution in [2.45, 2.75) is 128 Å². The largest absolute Gasteiger partial charge is 0.444 e. The molecular weight excluding hydrogens is 865 g/mol. The summed E-state index contributed by atoms with van der Waals surface area (Å²) in [5.74, 6) is -0.632. The van der Waals surface area contributed by atoms with Gasteiger partial charge in [-0.05, 0) is 120 Å². The molecule has 12 heteroatoms. The zero-order chi connectivity index (χ0) is 49.1. The van der Waals surface area contributed by atoms with Gasteiger partial charge in [0.05, 0.1) is 0 Å². The van der Waals surface area contributed by atoms with Crippen LogP contribution >= 0.6 is 0 Å². The Bertz CT molecular complexity index is 2010. The molecule has 372 valence electrons. The van der Waals surface area contributed by atoms with Crippen LogP contribution in [0.15, 0.2) is 121 Å². The van der Waals surface area contributed by atoms with E-state index < -0.39 is 5.60 Å². The lowest BCUT2D eigenvalue weighted by atomic mass is 9.99. The van der Waals surface area contributed by atoms with Crippen LogP contribution in [0, 0.1) is 0 Å². The molecule has 0 aromatic heterocycles. The van der Waals surface area contributed by atoms with Crippen molar-refractivity contribution in [1.82, 2.24) is 30.7 Å². The van der Waals surface area contributed by atoms with E-state index in [2.05, 4.69) is 88.7 Å². The van der Waals surface area contributed by atoms with Crippen molar-refractivity contribution in [2.24, 2.45) is 0 Å². The van der Waals surface area contributed by atoms with E-state index in [4.69, 9.17) is 4.74 Å². The number of amides is 5. The van der Waals surface area contributed by atoms with Crippen molar-refractivity contribution in [1.29, 1.82) is 0 Å². The molecule has 0 unspecified atom stereocenters. The standard InChI is InChI=1S/C31H43N3O4.C26H35N3O2/c1-31(2,3)38-30(37)34-22-20-33(21-23-34)29(36)24-28(35)32-27(18-10-16-25-12-6-4-7-13-25)19-11-17-26-14-8-5-9-15-26;30-25(21-26(31)29-19-17-27-18-20-29)28-24(15-7-13-22-9-3-1-4-10-22)16-8-14-23-11-5-2-6-12-23/h4-9,12-15,27H,10-11,16-24H2,1-3H3,(H,32,35);1-6,9-12,24,27H,7-8,13-21H2,(H,28,30). The number of aryl methyl sites for hydroxylation is 4. The van der Waals surface area contributed by atoms with Crippen LogP contribution in [-0.2, 0) is 49.6 Å². The van der Waals surface area contributed by atoms with Gasteiger partial charge < -0.3 is 35.4 Å². The second-order valence-corrected chi connectivity index (χ2v) is 19.4. The van der Waals surface area contributed by atoms with Crippen LogP contribution < -0.4 is 16.0 Å². The normalized spacial score (nSPS) is 13.9. The van der Waals surface area contributed by atoms with Gasteiger partial charge in [-0.15, -0.1) is 0 Å². The summed E-state index contributed by atoms with van der Waals surface area (Å²) in [7, 11) is 0. The van der Waals surface area contributed by atoms with Gasteiger partial charge in [0, 0.05) is 64.4 Å². The third kappa shape index (κ3) is 21.9. The first kappa shape index (κ1) is 53.9. The Morgan fingerprint density at radius 3 is 1.10 bits per heavy atom. The van der Waals surface area contributed by atoms with E-state index in [-0.39, 0.29) is 54.6 Å². The highest BCUT2D eigenvalue weighted by molar-refractivity contribution is 5.97. The Morgan fingerprint density at radius 2 is 0.783 bits per heavy atom. The Kier molecular flexibility index (Phi) is 23.3. The maximum Gasteiger partial charge on any atom is 0.410 e. The highest BCUT2D eigenvalue weighted by Crippen LogP contribution is 2.17. The fraction of sp³-hybridized carbons (Fsp3) is 0.491. The van der Waals surface area contributed by atoms with Gasteiger partial charge in [-0.3, -0.25) is 19.2 Å². The number of nitrogens with zero attached hydrogens (tertiary/aromatic N) is 3. The van der Waals surface area contributed by atoms with Crippen LogP contribution in [0.4, 0.5) is 4.79 Å². The third-order valence-electron chi connectivity index (χ3n) is 12.6. The van der Waals surface area contributed by atoms with Crippen molar-refractivity contribution < 1.29 is 28.7 Å². The van der Waals surface area contributed by atoms with Gasteiger partial charge in [0.15, 0.2) is 0 Å². The summed E-state index contributed by atoms with van der Waals surface area (Å²) in [6.07, 6.45) is 11.0. The van der Waals surface area contributed by atoms with E-state index in [0.717, 1.165) is 90.1 Å². The van der Waals surface area contributed by atoms with Crippen molar-refractivity contribution in [3.63, 3.8) is 0 Å². The van der Waals surface area contributed by atoms with E-state index in [0.29, 0.717) is 39.3 Å². The third-order valence-corrected chi connectivity index (χ3v) is 12.6. The van der Waals surface area contributed by atoms with Crippen LogP contribution in [0.1, 0.15) is 107 Å². The molecule has 0 atom stereocenters. The molecular formula is C57H78N6O6. The quantitative estimate of drug-likeness (QED) is 0.0674. The minimum atomic E-state index is -0.555. The summed E-state index contributed by atoms with van der Waals surface area (Å²) < 4.78 is 5.42. The number of nitrogens with one attached hydrogen (secondary N) is 3. The average Bonchev–Trinajstić information content (AvgIpc) is 3.35. The number of ether oxygens (including phenoxy) is 1. The topological polar surface area (TPSA) is 140 Å². The molecule has 4 aromatic carbocycles. The zero-order valence-corrected chi connectivity index (χ0v) is 41.5. The molecule has 0 spiro atoms. The number of rotatable bonds is 22. The lowest BCUT2D eigenvalue weighted by Crippen LogP contribution is -2.52. The van der Waals surface area contributed by atoms with Gasteiger partial charge in [0.1, 0.15) is 18.4 Å². The summed E-state index contributed by atoms with van der Waals surface area (Å²) in [5, 5.41) is 9.53. The van der Waals surface area contributed by atoms with Gasteiger partial charge in [-0.1, -0.05) is 121 Å². The molecule has 5 amide bonds. The minimum Gasteiger partial charge on any atom is -0.444 e. The zero-order valence-electron chi connectivity index (χ0n) is 41.5. The predicted molar refractivity (Wildman–Crippen MR) is 274 cm³/mol. The summed E-state index contributed by atoms with van der Waals surface area (Å²) in [6.45, 7) is 10.1. The van der Waals surface area contributed by atoms with Crippen molar-refractivity contribution >= 4 is 29.7 Å². The molecule has 2 aliphatic heterocycles. The molecule has 69 heavy (non-hydrogen) atoms. The molecule has 0 bridgehead atoms. The fourth-order valence-corrected chi connectivity index (χ4v) is 8.80. The number of carbonyl (C=O) groups is 5. The average molecular weight is 943 g/mol. The summed E-state index contributed by atoms with van der Waals surface area (Å²) in [6, 6.07) is 41.8. The maximum atomic E-state index is 12.9. The Labute approximate surface area is 411 Å². The molecule has 0 saturated carbocycles. The Hall–Kier alpha value is -6.01. The summed E-state index contributed by atoms with van der Waals surface area (Å²) in [5.41, 5.74) is 4.68. The molecule has 3 N–H and O–H groups in total. The molecule has 0 radical (unpaired) electrons. The van der Waals surface area contributed by atoms with Crippen molar-refractivity contribution in [3.05, 3.63) is 144 Å². The van der Waals surface area contributed by atoms with E-state index >= 15 is 0 Å². The van der Waals surface area contributed by atoms with Gasteiger partial charge in [0.2, 0.25) is 23.6 Å². The predicted octanol–water partition coefficient (Wildman–Crippen LogP) is 8.33. The maximum absolute atomic E-state index is 12.9. The first-order valence-electron chi connectivity index (χ1n) is 25.4. The summed E-state index contributed by atoms with van der Waals surface area (Å²) >= 11 is 0. The van der Waals surface area contributed by atoms with Gasteiger partial charge in [0.25, 0.3) is 0 Å². The molecule has 4 aromatic rings. The number of piperazine rings is 2. The van der Waals surface area contributed by atoms with E-state index in [1.807, 2.05) is 69.3 Å². The number of hydrogen-bond acceptors (Lipinski definition) is 7. The SMILES string of the molecule is CC(C)(C)OC(=O)N1CCN(C(=O)CC(=O)NC(CCCc2ccccc2)CCCc2ccccc2)CC1.O=C(CC(=O)N1CCNCC1)NC(CCCc1ccccc1)CCCc1ccccc1. The van der Waals surface area contributed by atoms with E-state index in [1.165, 1.54) is 22.3 Å². The Morgan fingerprint density at radius 1 is 0.478 bits per heavy atom. The second kappa shape index (κ2) is 29.8. The molecule has 12 nitrogen and oxygen atoms in total. The van der Waals surface area contributed by atoms with Crippen molar-refractivity contribution in [3.8, 4) is 0 Å². The summed E-state index contributed by atoms with van der Waals surface area (Å²) in [4.78, 5) is 68.1. The van der Waals surface area contributed by atoms with E-state index in [9.17, 15) is 24.0 Å². The molecule has 2 heterocycles. The monoisotopic (exact) mass is 943 g/mol. The van der Waals surface area contributed by atoms with Crippen molar-refractivity contribution in [2.75, 3.05) is 52.4 Å². The molecule has 2 saturated heterocycles. The lowest BCUT2D eigenvalue weighted by molar-refractivity contribution is -0.138. The smallest absolute Gasteiger partial charge is 0.410 e. The van der Waals surface area contributed by atoms with Crippen LogP contribution in [0.2, 0.25) is 0 Å². The first-order chi connectivity index (χ1) is 33.4. The molecule has 2 fully saturated rings. The van der Waals surface area contributed by atoms with Crippen LogP contribution in [0.25, 0.3) is 0 Å². The minimum absolute atomic E-state index is 0.0340. The number of carbonyl (C=O) groups excluding carboxylic acids is 5. The highest BCUT2D eigenvalue weighted by atomic mass is 16.6. The number of benzene rings is 4. The fourth-order valence-electron chi connectivity index (χ4n) is 8.80. The molecule has 2 aliphatic rings. The van der Waals surface area contributed by atoms with Crippen LogP contribution in [0.5, 0.6) is 0 Å².